The first-order valence-corrected chi connectivity index (χ1v) is 7.38. The number of hydrogen-bond donors (Lipinski definition) is 1. The highest BCUT2D eigenvalue weighted by atomic mass is 32.2. The standard InChI is InChI=1S/C10H8N2O2S3/c1-15-6-3-2-4-7(8(6)9(13)14)16-10-11-5-12-17-10/h2-5H,1H3,(H,13,14). The molecular weight excluding hydrogens is 276 g/mol. The monoisotopic (exact) mass is 284 g/mol. The molecule has 0 saturated carbocycles. The van der Waals surface area contributed by atoms with E-state index in [1.54, 1.807) is 12.1 Å². The SMILES string of the molecule is CSc1cccc(Sc2ncns2)c1C(=O)O. The summed E-state index contributed by atoms with van der Waals surface area (Å²) >= 11 is 4.01. The van der Waals surface area contributed by atoms with E-state index in [2.05, 4.69) is 9.36 Å². The summed E-state index contributed by atoms with van der Waals surface area (Å²) in [6, 6.07) is 5.44. The summed E-state index contributed by atoms with van der Waals surface area (Å²) in [7, 11) is 0. The highest BCUT2D eigenvalue weighted by Gasteiger charge is 2.16. The maximum Gasteiger partial charge on any atom is 0.337 e. The minimum atomic E-state index is -0.915. The van der Waals surface area contributed by atoms with Crippen molar-refractivity contribution in [3.05, 3.63) is 30.1 Å². The minimum absolute atomic E-state index is 0.334. The first kappa shape index (κ1) is 12.4. The van der Waals surface area contributed by atoms with Crippen LogP contribution in [0.2, 0.25) is 0 Å². The van der Waals surface area contributed by atoms with E-state index in [9.17, 15) is 9.90 Å². The van der Waals surface area contributed by atoms with Crippen molar-refractivity contribution in [1.29, 1.82) is 0 Å². The molecule has 4 nitrogen and oxygen atoms in total. The van der Waals surface area contributed by atoms with Crippen molar-refractivity contribution in [2.45, 2.75) is 14.1 Å². The Morgan fingerprint density at radius 2 is 2.18 bits per heavy atom. The van der Waals surface area contributed by atoms with Gasteiger partial charge in [-0.1, -0.05) is 17.8 Å². The van der Waals surface area contributed by atoms with Gasteiger partial charge in [-0.25, -0.2) is 9.78 Å². The molecule has 17 heavy (non-hydrogen) atoms. The number of carbonyl (C=O) groups is 1. The summed E-state index contributed by atoms with van der Waals surface area (Å²) in [5, 5.41) is 9.25. The average molecular weight is 284 g/mol. The lowest BCUT2D eigenvalue weighted by molar-refractivity contribution is 0.0689. The van der Waals surface area contributed by atoms with Crippen molar-refractivity contribution in [3.8, 4) is 0 Å². The quantitative estimate of drug-likeness (QED) is 0.870. The van der Waals surface area contributed by atoms with Crippen LogP contribution in [0.1, 0.15) is 10.4 Å². The van der Waals surface area contributed by atoms with Crippen LogP contribution < -0.4 is 0 Å². The van der Waals surface area contributed by atoms with E-state index in [1.165, 1.54) is 41.4 Å². The van der Waals surface area contributed by atoms with Crippen molar-refractivity contribution in [3.63, 3.8) is 0 Å². The summed E-state index contributed by atoms with van der Waals surface area (Å²) in [5.74, 6) is -0.915. The van der Waals surface area contributed by atoms with Crippen LogP contribution in [0.25, 0.3) is 0 Å². The molecule has 88 valence electrons. The van der Waals surface area contributed by atoms with Crippen molar-refractivity contribution in [2.75, 3.05) is 6.26 Å². The maximum atomic E-state index is 11.3. The first-order valence-electron chi connectivity index (χ1n) is 4.57. The van der Waals surface area contributed by atoms with Gasteiger partial charge >= 0.3 is 5.97 Å². The zero-order chi connectivity index (χ0) is 12.3. The minimum Gasteiger partial charge on any atom is -0.478 e. The molecule has 1 heterocycles. The predicted molar refractivity (Wildman–Crippen MR) is 69.2 cm³/mol. The Morgan fingerprint density at radius 1 is 1.41 bits per heavy atom. The summed E-state index contributed by atoms with van der Waals surface area (Å²) in [6.45, 7) is 0. The Kier molecular flexibility index (Phi) is 4.03. The third kappa shape index (κ3) is 2.80. The van der Waals surface area contributed by atoms with Crippen LogP contribution in [0.4, 0.5) is 0 Å². The van der Waals surface area contributed by atoms with Crippen LogP contribution in [0.15, 0.2) is 38.7 Å². The van der Waals surface area contributed by atoms with Crippen molar-refractivity contribution >= 4 is 41.0 Å². The molecule has 2 aromatic rings. The second kappa shape index (κ2) is 5.52. The molecule has 0 aliphatic rings. The van der Waals surface area contributed by atoms with E-state index in [0.717, 1.165) is 9.24 Å². The molecule has 2 rings (SSSR count). The fourth-order valence-corrected chi connectivity index (χ4v) is 3.52. The third-order valence-corrected chi connectivity index (χ3v) is 4.52. The van der Waals surface area contributed by atoms with Gasteiger partial charge < -0.3 is 5.11 Å². The van der Waals surface area contributed by atoms with Crippen LogP contribution in [-0.2, 0) is 0 Å². The molecule has 1 N–H and O–H groups in total. The summed E-state index contributed by atoms with van der Waals surface area (Å²) in [6.07, 6.45) is 3.33. The molecule has 0 radical (unpaired) electrons. The molecule has 0 fully saturated rings. The van der Waals surface area contributed by atoms with Gasteiger partial charge in [-0.3, -0.25) is 0 Å². The molecule has 1 aromatic heterocycles. The van der Waals surface area contributed by atoms with E-state index < -0.39 is 5.97 Å². The molecule has 0 bridgehead atoms. The second-order valence-electron chi connectivity index (χ2n) is 2.95. The van der Waals surface area contributed by atoms with Crippen molar-refractivity contribution < 1.29 is 9.90 Å². The normalized spacial score (nSPS) is 10.4. The molecule has 0 spiro atoms. The van der Waals surface area contributed by atoms with Crippen LogP contribution in [0.5, 0.6) is 0 Å². The average Bonchev–Trinajstić information content (AvgIpc) is 2.81. The van der Waals surface area contributed by atoms with Crippen LogP contribution in [-0.4, -0.2) is 26.7 Å². The largest absolute Gasteiger partial charge is 0.478 e. The molecular formula is C10H8N2O2S3. The number of carboxylic acid groups (broad SMARTS) is 1. The lowest BCUT2D eigenvalue weighted by Crippen LogP contribution is -2.01. The van der Waals surface area contributed by atoms with E-state index in [4.69, 9.17) is 0 Å². The number of aromatic carboxylic acids is 1. The number of thioether (sulfide) groups is 1. The van der Waals surface area contributed by atoms with Gasteiger partial charge in [0.2, 0.25) is 0 Å². The molecule has 0 aliphatic heterocycles. The molecule has 0 unspecified atom stereocenters. The highest BCUT2D eigenvalue weighted by molar-refractivity contribution is 8.01. The van der Waals surface area contributed by atoms with Gasteiger partial charge in [0.15, 0.2) is 4.34 Å². The predicted octanol–water partition coefficient (Wildman–Crippen LogP) is 3.11. The van der Waals surface area contributed by atoms with Gasteiger partial charge in [0.1, 0.15) is 6.33 Å². The summed E-state index contributed by atoms with van der Waals surface area (Å²) < 4.78 is 4.63. The Bertz CT molecular complexity index is 528. The van der Waals surface area contributed by atoms with E-state index >= 15 is 0 Å². The number of rotatable bonds is 4. The number of aromatic nitrogens is 2. The summed E-state index contributed by atoms with van der Waals surface area (Å²) in [4.78, 5) is 16.8. The van der Waals surface area contributed by atoms with Gasteiger partial charge in [0.05, 0.1) is 5.56 Å². The zero-order valence-electron chi connectivity index (χ0n) is 8.78. The van der Waals surface area contributed by atoms with Gasteiger partial charge in [-0.2, -0.15) is 4.37 Å². The highest BCUT2D eigenvalue weighted by Crippen LogP contribution is 2.35. The smallest absolute Gasteiger partial charge is 0.337 e. The Morgan fingerprint density at radius 3 is 2.76 bits per heavy atom. The fraction of sp³-hybridized carbons (Fsp3) is 0.100. The Hall–Kier alpha value is -1.05. The molecule has 0 atom stereocenters. The van der Waals surface area contributed by atoms with Gasteiger partial charge in [-0.05, 0) is 29.9 Å². The molecule has 7 heteroatoms. The molecule has 0 saturated heterocycles. The van der Waals surface area contributed by atoms with Crippen LogP contribution >= 0.6 is 35.1 Å². The first-order chi connectivity index (χ1) is 8.22. The van der Waals surface area contributed by atoms with Gasteiger partial charge in [0.25, 0.3) is 0 Å². The third-order valence-electron chi connectivity index (χ3n) is 1.96. The van der Waals surface area contributed by atoms with Crippen molar-refractivity contribution in [2.24, 2.45) is 0 Å². The van der Waals surface area contributed by atoms with Crippen LogP contribution in [0.3, 0.4) is 0 Å². The van der Waals surface area contributed by atoms with E-state index in [1.807, 2.05) is 12.3 Å². The van der Waals surface area contributed by atoms with Gasteiger partial charge in [0, 0.05) is 9.79 Å². The zero-order valence-corrected chi connectivity index (χ0v) is 11.2. The summed E-state index contributed by atoms with van der Waals surface area (Å²) in [5.41, 5.74) is 0.334. The Balaban J connectivity index is 2.42. The number of nitrogens with zero attached hydrogens (tertiary/aromatic N) is 2. The van der Waals surface area contributed by atoms with Crippen molar-refractivity contribution in [1.82, 2.24) is 9.36 Å². The fourth-order valence-electron chi connectivity index (χ4n) is 1.28. The number of hydrogen-bond acceptors (Lipinski definition) is 6. The molecule has 1 aromatic carbocycles. The van der Waals surface area contributed by atoms with Gasteiger partial charge in [-0.15, -0.1) is 11.8 Å². The molecule has 0 aliphatic carbocycles. The number of benzene rings is 1. The number of carboxylic acids is 1. The topological polar surface area (TPSA) is 63.1 Å². The van der Waals surface area contributed by atoms with Crippen LogP contribution in [0, 0.1) is 0 Å². The van der Waals surface area contributed by atoms with E-state index in [0.29, 0.717) is 10.5 Å². The lowest BCUT2D eigenvalue weighted by Gasteiger charge is -2.07. The lowest BCUT2D eigenvalue weighted by atomic mass is 10.2. The Labute approximate surface area is 111 Å². The molecule has 0 amide bonds. The maximum absolute atomic E-state index is 11.3. The second-order valence-corrected chi connectivity index (χ2v) is 5.87. The van der Waals surface area contributed by atoms with E-state index in [-0.39, 0.29) is 0 Å².